The molecule has 0 aliphatic heterocycles. The second-order valence-electron chi connectivity index (χ2n) is 5.54. The zero-order valence-electron chi connectivity index (χ0n) is 12.0. The molecule has 1 aromatic carbocycles. The van der Waals surface area contributed by atoms with Crippen molar-refractivity contribution < 1.29 is 4.74 Å². The van der Waals surface area contributed by atoms with Crippen LogP contribution in [-0.2, 0) is 5.41 Å². The quantitative estimate of drug-likeness (QED) is 0.921. The molecule has 1 heterocycles. The van der Waals surface area contributed by atoms with Crippen LogP contribution in [0.3, 0.4) is 0 Å². The van der Waals surface area contributed by atoms with Crippen LogP contribution in [0.5, 0.6) is 5.75 Å². The zero-order chi connectivity index (χ0) is 14.0. The Morgan fingerprint density at radius 2 is 1.84 bits per heavy atom. The van der Waals surface area contributed by atoms with Gasteiger partial charge in [0.1, 0.15) is 11.6 Å². The summed E-state index contributed by atoms with van der Waals surface area (Å²) in [4.78, 5) is 0. The third-order valence-corrected chi connectivity index (χ3v) is 2.90. The number of ether oxygens (including phenoxy) is 1. The number of nitrogens with two attached hydrogens (primary N) is 1. The summed E-state index contributed by atoms with van der Waals surface area (Å²) < 4.78 is 7.19. The molecule has 102 valence electrons. The molecule has 4 heteroatoms. The number of hydrogen-bond donors (Lipinski definition) is 1. The predicted molar refractivity (Wildman–Crippen MR) is 77.8 cm³/mol. The van der Waals surface area contributed by atoms with Crippen molar-refractivity contribution in [3.05, 3.63) is 36.0 Å². The lowest BCUT2D eigenvalue weighted by molar-refractivity contribution is 0.340. The fraction of sp³-hybridized carbons (Fsp3) is 0.400. The van der Waals surface area contributed by atoms with Gasteiger partial charge in [-0.15, -0.1) is 0 Å². The second-order valence-corrected chi connectivity index (χ2v) is 5.54. The van der Waals surface area contributed by atoms with E-state index in [-0.39, 0.29) is 5.41 Å². The molecule has 0 spiro atoms. The molecule has 0 saturated carbocycles. The fourth-order valence-electron chi connectivity index (χ4n) is 1.82. The van der Waals surface area contributed by atoms with Crippen LogP contribution in [0.15, 0.2) is 30.3 Å². The van der Waals surface area contributed by atoms with Gasteiger partial charge in [-0.25, -0.2) is 4.68 Å². The van der Waals surface area contributed by atoms with Gasteiger partial charge in [0.15, 0.2) is 0 Å². The first kappa shape index (κ1) is 13.5. The molecule has 0 amide bonds. The lowest BCUT2D eigenvalue weighted by atomic mass is 9.92. The van der Waals surface area contributed by atoms with Crippen molar-refractivity contribution >= 4 is 5.82 Å². The molecule has 1 aromatic heterocycles. The van der Waals surface area contributed by atoms with Crippen molar-refractivity contribution in [3.8, 4) is 11.4 Å². The molecule has 0 aliphatic rings. The van der Waals surface area contributed by atoms with Crippen molar-refractivity contribution in [2.24, 2.45) is 0 Å². The molecule has 0 unspecified atom stereocenters. The second kappa shape index (κ2) is 4.96. The maximum Gasteiger partial charge on any atom is 0.127 e. The van der Waals surface area contributed by atoms with Crippen LogP contribution < -0.4 is 10.5 Å². The predicted octanol–water partition coefficient (Wildman–Crippen LogP) is 3.15. The van der Waals surface area contributed by atoms with Crippen LogP contribution in [0, 0.1) is 0 Å². The van der Waals surface area contributed by atoms with Gasteiger partial charge in [-0.2, -0.15) is 5.10 Å². The molecule has 0 radical (unpaired) electrons. The SMILES string of the molecule is CCOc1ccc(-n2nc(C(C)(C)C)cc2N)cc1. The molecule has 0 saturated heterocycles. The summed E-state index contributed by atoms with van der Waals surface area (Å²) in [6.07, 6.45) is 0. The van der Waals surface area contributed by atoms with Gasteiger partial charge in [-0.05, 0) is 31.2 Å². The molecule has 0 atom stereocenters. The molecule has 0 bridgehead atoms. The highest BCUT2D eigenvalue weighted by Crippen LogP contribution is 2.25. The molecule has 19 heavy (non-hydrogen) atoms. The summed E-state index contributed by atoms with van der Waals surface area (Å²) in [5.41, 5.74) is 7.95. The Morgan fingerprint density at radius 3 is 2.32 bits per heavy atom. The first-order valence-corrected chi connectivity index (χ1v) is 6.51. The van der Waals surface area contributed by atoms with Crippen molar-refractivity contribution in [1.29, 1.82) is 0 Å². The molecule has 2 aromatic rings. The maximum absolute atomic E-state index is 6.04. The maximum atomic E-state index is 6.04. The fourth-order valence-corrected chi connectivity index (χ4v) is 1.82. The van der Waals surface area contributed by atoms with Crippen LogP contribution >= 0.6 is 0 Å². The van der Waals surface area contributed by atoms with Gasteiger partial charge < -0.3 is 10.5 Å². The highest BCUT2D eigenvalue weighted by atomic mass is 16.5. The van der Waals surface area contributed by atoms with E-state index in [1.165, 1.54) is 0 Å². The van der Waals surface area contributed by atoms with E-state index in [1.807, 2.05) is 37.3 Å². The lowest BCUT2D eigenvalue weighted by Crippen LogP contribution is -2.12. The minimum atomic E-state index is -0.00929. The van der Waals surface area contributed by atoms with E-state index in [9.17, 15) is 0 Å². The minimum Gasteiger partial charge on any atom is -0.494 e. The summed E-state index contributed by atoms with van der Waals surface area (Å²) in [6.45, 7) is 9.00. The largest absolute Gasteiger partial charge is 0.494 e. The Kier molecular flexibility index (Phi) is 3.51. The van der Waals surface area contributed by atoms with Gasteiger partial charge in [-0.1, -0.05) is 20.8 Å². The number of anilines is 1. The highest BCUT2D eigenvalue weighted by molar-refractivity contribution is 5.45. The molecular weight excluding hydrogens is 238 g/mol. The Labute approximate surface area is 114 Å². The Hall–Kier alpha value is -1.97. The highest BCUT2D eigenvalue weighted by Gasteiger charge is 2.19. The average molecular weight is 259 g/mol. The molecule has 4 nitrogen and oxygen atoms in total. The van der Waals surface area contributed by atoms with Crippen LogP contribution in [0.2, 0.25) is 0 Å². The van der Waals surface area contributed by atoms with E-state index in [0.717, 1.165) is 17.1 Å². The molecule has 2 N–H and O–H groups in total. The number of hydrogen-bond acceptors (Lipinski definition) is 3. The van der Waals surface area contributed by atoms with Crippen molar-refractivity contribution in [3.63, 3.8) is 0 Å². The number of nitrogen functional groups attached to an aromatic ring is 1. The standard InChI is InChI=1S/C15H21N3O/c1-5-19-12-8-6-11(7-9-12)18-14(16)10-13(17-18)15(2,3)4/h6-10H,5,16H2,1-4H3. The van der Waals surface area contributed by atoms with E-state index < -0.39 is 0 Å². The first-order chi connectivity index (χ1) is 8.91. The average Bonchev–Trinajstić information content (AvgIpc) is 2.73. The van der Waals surface area contributed by atoms with Crippen molar-refractivity contribution in [2.75, 3.05) is 12.3 Å². The van der Waals surface area contributed by atoms with Gasteiger partial charge in [-0.3, -0.25) is 0 Å². The van der Waals surface area contributed by atoms with E-state index in [0.29, 0.717) is 12.4 Å². The van der Waals surface area contributed by atoms with E-state index in [2.05, 4.69) is 25.9 Å². The van der Waals surface area contributed by atoms with E-state index in [1.54, 1.807) is 4.68 Å². The third-order valence-electron chi connectivity index (χ3n) is 2.90. The van der Waals surface area contributed by atoms with Crippen LogP contribution in [0.4, 0.5) is 5.82 Å². The number of aromatic nitrogens is 2. The van der Waals surface area contributed by atoms with Gasteiger partial charge in [0.2, 0.25) is 0 Å². The van der Waals surface area contributed by atoms with Gasteiger partial charge in [0.05, 0.1) is 18.0 Å². The smallest absolute Gasteiger partial charge is 0.127 e. The number of benzene rings is 1. The third kappa shape index (κ3) is 2.89. The van der Waals surface area contributed by atoms with Crippen LogP contribution in [0.1, 0.15) is 33.4 Å². The van der Waals surface area contributed by atoms with E-state index >= 15 is 0 Å². The summed E-state index contributed by atoms with van der Waals surface area (Å²) >= 11 is 0. The summed E-state index contributed by atoms with van der Waals surface area (Å²) in [6, 6.07) is 9.70. The van der Waals surface area contributed by atoms with Crippen molar-refractivity contribution in [1.82, 2.24) is 9.78 Å². The Balaban J connectivity index is 2.34. The van der Waals surface area contributed by atoms with Crippen molar-refractivity contribution in [2.45, 2.75) is 33.1 Å². The van der Waals surface area contributed by atoms with Gasteiger partial charge in [0.25, 0.3) is 0 Å². The zero-order valence-corrected chi connectivity index (χ0v) is 12.0. The van der Waals surface area contributed by atoms with Crippen LogP contribution in [0.25, 0.3) is 5.69 Å². The monoisotopic (exact) mass is 259 g/mol. The molecule has 0 aliphatic carbocycles. The lowest BCUT2D eigenvalue weighted by Gasteiger charge is -2.14. The van der Waals surface area contributed by atoms with Gasteiger partial charge >= 0.3 is 0 Å². The van der Waals surface area contributed by atoms with E-state index in [4.69, 9.17) is 10.5 Å². The van der Waals surface area contributed by atoms with Crippen LogP contribution in [-0.4, -0.2) is 16.4 Å². The first-order valence-electron chi connectivity index (χ1n) is 6.51. The van der Waals surface area contributed by atoms with Gasteiger partial charge in [0, 0.05) is 11.5 Å². The summed E-state index contributed by atoms with van der Waals surface area (Å²) in [5, 5.41) is 4.58. The number of nitrogens with zero attached hydrogens (tertiary/aromatic N) is 2. The normalized spacial score (nSPS) is 11.6. The number of rotatable bonds is 3. The molecule has 0 fully saturated rings. The Bertz CT molecular complexity index is 550. The molecular formula is C15H21N3O. The summed E-state index contributed by atoms with van der Waals surface area (Å²) in [7, 11) is 0. The Morgan fingerprint density at radius 1 is 1.21 bits per heavy atom. The molecule has 2 rings (SSSR count). The topological polar surface area (TPSA) is 53.1 Å². The minimum absolute atomic E-state index is 0.00929. The summed E-state index contributed by atoms with van der Waals surface area (Å²) in [5.74, 6) is 1.50.